The zero-order chi connectivity index (χ0) is 19.1. The maximum absolute atomic E-state index is 13.0. The van der Waals surface area contributed by atoms with E-state index in [-0.39, 0.29) is 23.6 Å². The first-order chi connectivity index (χ1) is 12.2. The number of carbonyl (C=O) groups excluding carboxylic acids is 1. The first-order valence-electron chi connectivity index (χ1n) is 7.86. The number of hydrogen-bond donors (Lipinski definition) is 0. The van der Waals surface area contributed by atoms with Gasteiger partial charge >= 0.3 is 6.18 Å². The van der Waals surface area contributed by atoms with Gasteiger partial charge in [-0.25, -0.2) is 4.98 Å². The van der Waals surface area contributed by atoms with Crippen LogP contribution in [-0.4, -0.2) is 47.8 Å². The van der Waals surface area contributed by atoms with Gasteiger partial charge in [0.2, 0.25) is 0 Å². The Morgan fingerprint density at radius 2 is 2.08 bits per heavy atom. The van der Waals surface area contributed by atoms with Crippen molar-refractivity contribution >= 4 is 16.7 Å². The van der Waals surface area contributed by atoms with Crippen molar-refractivity contribution in [2.45, 2.75) is 19.1 Å². The largest absolute Gasteiger partial charge is 0.433 e. The van der Waals surface area contributed by atoms with Gasteiger partial charge < -0.3 is 4.90 Å². The number of amides is 1. The Hall–Kier alpha value is -2.23. The number of aryl methyl sites for hydroxylation is 2. The molecule has 2 aromatic rings. The summed E-state index contributed by atoms with van der Waals surface area (Å²) >= 11 is 0. The SMILES string of the molecule is Cc1nc(C(F)(F)F)ccc1C(=O)N1CCS(=O)CC1c1cnn(C)c1. The van der Waals surface area contributed by atoms with E-state index in [0.717, 1.165) is 17.7 Å². The highest BCUT2D eigenvalue weighted by Crippen LogP contribution is 2.30. The van der Waals surface area contributed by atoms with Gasteiger partial charge in [-0.1, -0.05) is 0 Å². The van der Waals surface area contributed by atoms with Crippen molar-refractivity contribution in [1.82, 2.24) is 19.7 Å². The lowest BCUT2D eigenvalue weighted by molar-refractivity contribution is -0.141. The molecule has 0 aliphatic carbocycles. The maximum Gasteiger partial charge on any atom is 0.433 e. The number of aromatic nitrogens is 3. The molecule has 1 amide bonds. The topological polar surface area (TPSA) is 68.1 Å². The molecule has 10 heteroatoms. The second-order valence-electron chi connectivity index (χ2n) is 6.10. The summed E-state index contributed by atoms with van der Waals surface area (Å²) in [6.45, 7) is 1.63. The highest BCUT2D eigenvalue weighted by atomic mass is 32.2. The van der Waals surface area contributed by atoms with Crippen molar-refractivity contribution in [3.63, 3.8) is 0 Å². The zero-order valence-corrected chi connectivity index (χ0v) is 15.0. The molecule has 2 aromatic heterocycles. The summed E-state index contributed by atoms with van der Waals surface area (Å²) in [6, 6.07) is 1.52. The fraction of sp³-hybridized carbons (Fsp3) is 0.438. The first-order valence-corrected chi connectivity index (χ1v) is 9.35. The molecule has 3 rings (SSSR count). The minimum atomic E-state index is -4.56. The molecule has 1 aliphatic heterocycles. The molecule has 26 heavy (non-hydrogen) atoms. The monoisotopic (exact) mass is 386 g/mol. The van der Waals surface area contributed by atoms with E-state index in [1.54, 1.807) is 24.1 Å². The number of carbonyl (C=O) groups is 1. The van der Waals surface area contributed by atoms with Gasteiger partial charge in [0.05, 0.1) is 23.5 Å². The lowest BCUT2D eigenvalue weighted by Crippen LogP contribution is -2.44. The van der Waals surface area contributed by atoms with Crippen LogP contribution in [-0.2, 0) is 24.0 Å². The lowest BCUT2D eigenvalue weighted by Gasteiger charge is -2.35. The van der Waals surface area contributed by atoms with Gasteiger partial charge in [0.1, 0.15) is 5.69 Å². The quantitative estimate of drug-likeness (QED) is 0.793. The van der Waals surface area contributed by atoms with Gasteiger partial charge in [0.25, 0.3) is 5.91 Å². The Balaban J connectivity index is 1.93. The predicted molar refractivity (Wildman–Crippen MR) is 88.8 cm³/mol. The Bertz CT molecular complexity index is 865. The maximum atomic E-state index is 13.0. The molecule has 2 unspecified atom stereocenters. The van der Waals surface area contributed by atoms with E-state index in [1.165, 1.54) is 11.8 Å². The first kappa shape index (κ1) is 18.6. The van der Waals surface area contributed by atoms with Crippen LogP contribution in [0.2, 0.25) is 0 Å². The number of hydrogen-bond acceptors (Lipinski definition) is 4. The average molecular weight is 386 g/mol. The minimum absolute atomic E-state index is 0.0152. The fourth-order valence-corrected chi connectivity index (χ4v) is 4.23. The Labute approximate surface area is 150 Å². The van der Waals surface area contributed by atoms with Gasteiger partial charge in [-0.2, -0.15) is 18.3 Å². The van der Waals surface area contributed by atoms with Gasteiger partial charge in [0.15, 0.2) is 0 Å². The fourth-order valence-electron chi connectivity index (χ4n) is 2.94. The molecule has 0 bridgehead atoms. The third kappa shape index (κ3) is 3.64. The minimum Gasteiger partial charge on any atom is -0.330 e. The van der Waals surface area contributed by atoms with E-state index in [4.69, 9.17) is 0 Å². The van der Waals surface area contributed by atoms with Crippen LogP contribution < -0.4 is 0 Å². The second kappa shape index (κ2) is 6.82. The van der Waals surface area contributed by atoms with Crippen LogP contribution >= 0.6 is 0 Å². The van der Waals surface area contributed by atoms with Crippen molar-refractivity contribution in [1.29, 1.82) is 0 Å². The van der Waals surface area contributed by atoms with Crippen LogP contribution in [0.4, 0.5) is 13.2 Å². The van der Waals surface area contributed by atoms with E-state index in [9.17, 15) is 22.2 Å². The summed E-state index contributed by atoms with van der Waals surface area (Å²) < 4.78 is 51.9. The van der Waals surface area contributed by atoms with Crippen LogP contribution in [0.15, 0.2) is 24.5 Å². The Morgan fingerprint density at radius 1 is 1.35 bits per heavy atom. The number of pyridine rings is 1. The molecule has 6 nitrogen and oxygen atoms in total. The third-order valence-electron chi connectivity index (χ3n) is 4.26. The van der Waals surface area contributed by atoms with Crippen molar-refractivity contribution in [2.24, 2.45) is 7.05 Å². The lowest BCUT2D eigenvalue weighted by atomic mass is 10.1. The predicted octanol–water partition coefficient (Wildman–Crippen LogP) is 2.09. The van der Waals surface area contributed by atoms with Gasteiger partial charge in [0, 0.05) is 47.7 Å². The molecule has 0 N–H and O–H groups in total. The van der Waals surface area contributed by atoms with Crippen molar-refractivity contribution in [2.75, 3.05) is 18.1 Å². The van der Waals surface area contributed by atoms with Crippen LogP contribution in [0.5, 0.6) is 0 Å². The molecule has 2 atom stereocenters. The molecule has 1 saturated heterocycles. The zero-order valence-electron chi connectivity index (χ0n) is 14.2. The van der Waals surface area contributed by atoms with Gasteiger partial charge in [-0.05, 0) is 19.1 Å². The molecule has 0 radical (unpaired) electrons. The van der Waals surface area contributed by atoms with E-state index in [2.05, 4.69) is 10.1 Å². The summed E-state index contributed by atoms with van der Waals surface area (Å²) in [7, 11) is 0.664. The van der Waals surface area contributed by atoms with Crippen LogP contribution in [0.25, 0.3) is 0 Å². The normalized spacial score (nSPS) is 21.0. The molecule has 3 heterocycles. The highest BCUT2D eigenvalue weighted by molar-refractivity contribution is 7.85. The molecule has 0 aromatic carbocycles. The van der Waals surface area contributed by atoms with E-state index < -0.39 is 34.6 Å². The van der Waals surface area contributed by atoms with Crippen molar-refractivity contribution < 1.29 is 22.2 Å². The number of halogens is 3. The van der Waals surface area contributed by atoms with E-state index >= 15 is 0 Å². The van der Waals surface area contributed by atoms with Crippen LogP contribution in [0.3, 0.4) is 0 Å². The Kier molecular flexibility index (Phi) is 4.87. The summed E-state index contributed by atoms with van der Waals surface area (Å²) in [5, 5.41) is 4.08. The number of nitrogens with zero attached hydrogens (tertiary/aromatic N) is 4. The molecular weight excluding hydrogens is 369 g/mol. The van der Waals surface area contributed by atoms with Crippen LogP contribution in [0, 0.1) is 6.92 Å². The van der Waals surface area contributed by atoms with E-state index in [0.29, 0.717) is 5.75 Å². The highest BCUT2D eigenvalue weighted by Gasteiger charge is 2.35. The van der Waals surface area contributed by atoms with Gasteiger partial charge in [-0.3, -0.25) is 13.7 Å². The standard InChI is InChI=1S/C16H17F3N4O2S/c1-10-12(3-4-14(21-10)16(17,18)19)15(24)23-5-6-26(25)9-13(23)11-7-20-22(2)8-11/h3-4,7-8,13H,5-6,9H2,1-2H3. The molecule has 0 spiro atoms. The average Bonchev–Trinajstić information content (AvgIpc) is 2.99. The third-order valence-corrected chi connectivity index (χ3v) is 5.58. The molecular formula is C16H17F3N4O2S. The van der Waals surface area contributed by atoms with Crippen LogP contribution in [0.1, 0.15) is 33.4 Å². The smallest absolute Gasteiger partial charge is 0.330 e. The summed E-state index contributed by atoms with van der Waals surface area (Å²) in [5.41, 5.74) is -0.164. The van der Waals surface area contributed by atoms with E-state index in [1.807, 2.05) is 0 Å². The molecule has 0 saturated carbocycles. The summed E-state index contributed by atoms with van der Waals surface area (Å²) in [5.74, 6) is 0.175. The molecule has 1 aliphatic rings. The molecule has 140 valence electrons. The number of alkyl halides is 3. The molecule has 1 fully saturated rings. The summed E-state index contributed by atoms with van der Waals surface area (Å²) in [6.07, 6.45) is -1.22. The second-order valence-corrected chi connectivity index (χ2v) is 7.72. The van der Waals surface area contributed by atoms with Crippen molar-refractivity contribution in [3.05, 3.63) is 47.0 Å². The summed E-state index contributed by atoms with van der Waals surface area (Å²) in [4.78, 5) is 18.0. The number of rotatable bonds is 2. The van der Waals surface area contributed by atoms with Crippen molar-refractivity contribution in [3.8, 4) is 0 Å². The van der Waals surface area contributed by atoms with Gasteiger partial charge in [-0.15, -0.1) is 0 Å². The Morgan fingerprint density at radius 3 is 2.65 bits per heavy atom.